The lowest BCUT2D eigenvalue weighted by Crippen LogP contribution is -2.57. The van der Waals surface area contributed by atoms with E-state index in [1.54, 1.807) is 13.8 Å². The molecule has 4 nitrogen and oxygen atoms in total. The Morgan fingerprint density at radius 1 is 1.23 bits per heavy atom. The molecule has 80 valence electrons. The van der Waals surface area contributed by atoms with Crippen molar-refractivity contribution in [2.45, 2.75) is 44.9 Å². The summed E-state index contributed by atoms with van der Waals surface area (Å²) in [7, 11) is 0. The van der Waals surface area contributed by atoms with E-state index in [9.17, 15) is 5.11 Å². The van der Waals surface area contributed by atoms with Gasteiger partial charge in [0.15, 0.2) is 0 Å². The molecule has 0 aromatic carbocycles. The summed E-state index contributed by atoms with van der Waals surface area (Å²) in [5.74, 6) is 0. The highest BCUT2D eigenvalue weighted by Gasteiger charge is 2.34. The topological polar surface area (TPSA) is 72.7 Å². The van der Waals surface area contributed by atoms with Gasteiger partial charge < -0.3 is 20.6 Å². The Morgan fingerprint density at radius 2 is 1.69 bits per heavy atom. The molecule has 0 aliphatic carbocycles. The van der Waals surface area contributed by atoms with Crippen LogP contribution in [0.4, 0.5) is 0 Å². The highest BCUT2D eigenvalue weighted by Crippen LogP contribution is 2.20. The molecule has 4 heteroatoms. The molecule has 0 saturated carbocycles. The fourth-order valence-corrected chi connectivity index (χ4v) is 0.654. The van der Waals surface area contributed by atoms with Gasteiger partial charge in [-0.05, 0) is 27.7 Å². The second kappa shape index (κ2) is 4.37. The first-order valence-electron chi connectivity index (χ1n) is 4.47. The SMILES string of the molecule is CC(C)(O)C(C)(C)NCC(O)CO. The maximum Gasteiger partial charge on any atom is 0.0895 e. The van der Waals surface area contributed by atoms with Crippen molar-refractivity contribution in [3.8, 4) is 0 Å². The van der Waals surface area contributed by atoms with E-state index in [0.717, 1.165) is 0 Å². The zero-order valence-electron chi connectivity index (χ0n) is 8.83. The minimum Gasteiger partial charge on any atom is -0.394 e. The molecule has 0 heterocycles. The van der Waals surface area contributed by atoms with E-state index in [-0.39, 0.29) is 13.2 Å². The summed E-state index contributed by atoms with van der Waals surface area (Å²) in [6.45, 7) is 7.09. The molecule has 0 bridgehead atoms. The highest BCUT2D eigenvalue weighted by molar-refractivity contribution is 4.93. The average Bonchev–Trinajstić information content (AvgIpc) is 1.98. The monoisotopic (exact) mass is 191 g/mol. The van der Waals surface area contributed by atoms with Gasteiger partial charge in [-0.25, -0.2) is 0 Å². The standard InChI is InChI=1S/C9H21NO3/c1-8(2,9(3,4)13)10-5-7(12)6-11/h7,10-13H,5-6H2,1-4H3. The number of rotatable bonds is 5. The minimum absolute atomic E-state index is 0.269. The molecule has 0 aliphatic rings. The summed E-state index contributed by atoms with van der Waals surface area (Å²) in [5, 5.41) is 30.4. The van der Waals surface area contributed by atoms with Gasteiger partial charge in [-0.1, -0.05) is 0 Å². The second-order valence-corrected chi connectivity index (χ2v) is 4.40. The Kier molecular flexibility index (Phi) is 4.32. The molecule has 1 unspecified atom stereocenters. The third-order valence-electron chi connectivity index (χ3n) is 2.52. The largest absolute Gasteiger partial charge is 0.394 e. The predicted octanol–water partition coefficient (Wildman–Crippen LogP) is -0.521. The number of aliphatic hydroxyl groups excluding tert-OH is 2. The molecule has 0 amide bonds. The van der Waals surface area contributed by atoms with Gasteiger partial charge in [0.1, 0.15) is 0 Å². The fourth-order valence-electron chi connectivity index (χ4n) is 0.654. The fraction of sp³-hybridized carbons (Fsp3) is 1.00. The molecule has 0 fully saturated rings. The quantitative estimate of drug-likeness (QED) is 0.472. The van der Waals surface area contributed by atoms with Gasteiger partial charge in [-0.2, -0.15) is 0 Å². The molecule has 0 saturated heterocycles. The van der Waals surface area contributed by atoms with Gasteiger partial charge in [0.2, 0.25) is 0 Å². The first kappa shape index (κ1) is 12.8. The molecule has 13 heavy (non-hydrogen) atoms. The summed E-state index contributed by atoms with van der Waals surface area (Å²) >= 11 is 0. The van der Waals surface area contributed by atoms with Crippen molar-refractivity contribution in [3.05, 3.63) is 0 Å². The van der Waals surface area contributed by atoms with Crippen LogP contribution in [0.3, 0.4) is 0 Å². The smallest absolute Gasteiger partial charge is 0.0895 e. The molecular formula is C9H21NO3. The molecule has 0 aromatic heterocycles. The van der Waals surface area contributed by atoms with E-state index in [2.05, 4.69) is 5.32 Å². The third kappa shape index (κ3) is 4.04. The van der Waals surface area contributed by atoms with Crippen LogP contribution in [0.1, 0.15) is 27.7 Å². The summed E-state index contributed by atoms with van der Waals surface area (Å²) in [5.41, 5.74) is -1.37. The zero-order valence-corrected chi connectivity index (χ0v) is 8.83. The van der Waals surface area contributed by atoms with Crippen LogP contribution >= 0.6 is 0 Å². The van der Waals surface area contributed by atoms with Crippen molar-refractivity contribution in [2.75, 3.05) is 13.2 Å². The van der Waals surface area contributed by atoms with Crippen LogP contribution in [-0.4, -0.2) is 45.7 Å². The minimum atomic E-state index is -0.873. The predicted molar refractivity (Wildman–Crippen MR) is 51.5 cm³/mol. The van der Waals surface area contributed by atoms with E-state index in [1.165, 1.54) is 0 Å². The number of hydrogen-bond acceptors (Lipinski definition) is 4. The Morgan fingerprint density at radius 3 is 2.00 bits per heavy atom. The van der Waals surface area contributed by atoms with Crippen LogP contribution in [0.5, 0.6) is 0 Å². The van der Waals surface area contributed by atoms with Gasteiger partial charge in [0.05, 0.1) is 18.3 Å². The third-order valence-corrected chi connectivity index (χ3v) is 2.52. The summed E-state index contributed by atoms with van der Waals surface area (Å²) in [6.07, 6.45) is -0.776. The van der Waals surface area contributed by atoms with Crippen LogP contribution in [0.15, 0.2) is 0 Å². The lowest BCUT2D eigenvalue weighted by atomic mass is 9.86. The van der Waals surface area contributed by atoms with Crippen LogP contribution in [-0.2, 0) is 0 Å². The van der Waals surface area contributed by atoms with Crippen molar-refractivity contribution in [1.82, 2.24) is 5.32 Å². The molecule has 0 aliphatic heterocycles. The van der Waals surface area contributed by atoms with Crippen molar-refractivity contribution >= 4 is 0 Å². The van der Waals surface area contributed by atoms with Crippen LogP contribution in [0, 0.1) is 0 Å². The van der Waals surface area contributed by atoms with E-state index >= 15 is 0 Å². The van der Waals surface area contributed by atoms with E-state index in [4.69, 9.17) is 10.2 Å². The Bertz CT molecular complexity index is 151. The Balaban J connectivity index is 4.04. The molecule has 1 atom stereocenters. The van der Waals surface area contributed by atoms with E-state index < -0.39 is 17.2 Å². The lowest BCUT2D eigenvalue weighted by molar-refractivity contribution is -0.0128. The molecule has 0 spiro atoms. The Labute approximate surface area is 79.6 Å². The Hall–Kier alpha value is -0.160. The van der Waals surface area contributed by atoms with E-state index in [0.29, 0.717) is 0 Å². The summed E-state index contributed by atoms with van der Waals surface area (Å²) in [4.78, 5) is 0. The molecular weight excluding hydrogens is 170 g/mol. The first-order chi connectivity index (χ1) is 5.70. The van der Waals surface area contributed by atoms with Gasteiger partial charge in [-0.15, -0.1) is 0 Å². The van der Waals surface area contributed by atoms with Crippen molar-refractivity contribution in [1.29, 1.82) is 0 Å². The molecule has 0 rings (SSSR count). The van der Waals surface area contributed by atoms with Crippen LogP contribution in [0.2, 0.25) is 0 Å². The molecule has 4 N–H and O–H groups in total. The van der Waals surface area contributed by atoms with Crippen molar-refractivity contribution in [3.63, 3.8) is 0 Å². The molecule has 0 radical (unpaired) electrons. The molecule has 0 aromatic rings. The zero-order chi connectivity index (χ0) is 10.7. The van der Waals surface area contributed by atoms with Crippen molar-refractivity contribution in [2.24, 2.45) is 0 Å². The maximum absolute atomic E-state index is 9.72. The first-order valence-corrected chi connectivity index (χ1v) is 4.47. The van der Waals surface area contributed by atoms with Gasteiger partial charge >= 0.3 is 0 Å². The van der Waals surface area contributed by atoms with E-state index in [1.807, 2.05) is 13.8 Å². The highest BCUT2D eigenvalue weighted by atomic mass is 16.3. The summed E-state index contributed by atoms with van der Waals surface area (Å²) in [6, 6.07) is 0. The second-order valence-electron chi connectivity index (χ2n) is 4.40. The number of hydrogen-bond donors (Lipinski definition) is 4. The average molecular weight is 191 g/mol. The number of aliphatic hydroxyl groups is 3. The van der Waals surface area contributed by atoms with Crippen molar-refractivity contribution < 1.29 is 15.3 Å². The van der Waals surface area contributed by atoms with Crippen LogP contribution < -0.4 is 5.32 Å². The van der Waals surface area contributed by atoms with Gasteiger partial charge in [0, 0.05) is 12.1 Å². The maximum atomic E-state index is 9.72. The van der Waals surface area contributed by atoms with Gasteiger partial charge in [-0.3, -0.25) is 0 Å². The number of nitrogens with one attached hydrogen (secondary N) is 1. The number of β-amino-alcohol motifs (C(OH)–C–C–N with tert-alkyl or cyclic N) is 1. The summed E-state index contributed by atoms with van der Waals surface area (Å²) < 4.78 is 0. The van der Waals surface area contributed by atoms with Crippen LogP contribution in [0.25, 0.3) is 0 Å². The van der Waals surface area contributed by atoms with Gasteiger partial charge in [0.25, 0.3) is 0 Å². The lowest BCUT2D eigenvalue weighted by Gasteiger charge is -2.38. The normalized spacial score (nSPS) is 15.9.